The lowest BCUT2D eigenvalue weighted by Crippen LogP contribution is -2.50. The highest BCUT2D eigenvalue weighted by atomic mass is 16.5. The van der Waals surface area contributed by atoms with Gasteiger partial charge in [-0.15, -0.1) is 0 Å². The van der Waals surface area contributed by atoms with Gasteiger partial charge in [-0.3, -0.25) is 9.80 Å². The maximum absolute atomic E-state index is 5.49. The van der Waals surface area contributed by atoms with E-state index in [9.17, 15) is 0 Å². The lowest BCUT2D eigenvalue weighted by molar-refractivity contribution is 0.0270. The van der Waals surface area contributed by atoms with Crippen molar-refractivity contribution in [2.45, 2.75) is 77.0 Å². The number of rotatable bonds is 2. The Kier molecular flexibility index (Phi) is 4.29. The normalized spacial score (nSPS) is 30.2. The summed E-state index contributed by atoms with van der Waals surface area (Å²) in [4.78, 5) is 5.32. The maximum atomic E-state index is 5.49. The predicted octanol–water partition coefficient (Wildman–Crippen LogP) is 2.75. The molecule has 0 radical (unpaired) electrons. The Morgan fingerprint density at radius 1 is 1.11 bits per heavy atom. The number of likely N-dealkylation sites (N-methyl/N-ethyl adjacent to an activating group) is 1. The van der Waals surface area contributed by atoms with Crippen LogP contribution in [0.15, 0.2) is 0 Å². The largest absolute Gasteiger partial charge is 0.381 e. The molecular formula is C16H32N2O. The number of hydrogen-bond donors (Lipinski definition) is 0. The zero-order valence-corrected chi connectivity index (χ0v) is 13.7. The number of likely N-dealkylation sites (tertiary alicyclic amines) is 1. The quantitative estimate of drug-likeness (QED) is 0.766. The van der Waals surface area contributed by atoms with Gasteiger partial charge in [0.05, 0.1) is 0 Å². The molecule has 0 amide bonds. The van der Waals surface area contributed by atoms with Gasteiger partial charge in [0.15, 0.2) is 0 Å². The minimum Gasteiger partial charge on any atom is -0.381 e. The van der Waals surface area contributed by atoms with Crippen molar-refractivity contribution in [2.75, 3.05) is 26.8 Å². The van der Waals surface area contributed by atoms with Crippen molar-refractivity contribution in [1.82, 2.24) is 9.80 Å². The topological polar surface area (TPSA) is 15.7 Å². The van der Waals surface area contributed by atoms with Crippen LogP contribution in [0.5, 0.6) is 0 Å². The van der Waals surface area contributed by atoms with Crippen LogP contribution in [0.25, 0.3) is 0 Å². The third-order valence-corrected chi connectivity index (χ3v) is 5.01. The van der Waals surface area contributed by atoms with Gasteiger partial charge in [-0.05, 0) is 60.9 Å². The van der Waals surface area contributed by atoms with Gasteiger partial charge in [0.1, 0.15) is 0 Å². The van der Waals surface area contributed by atoms with Crippen molar-refractivity contribution in [3.63, 3.8) is 0 Å². The molecule has 3 heteroatoms. The van der Waals surface area contributed by atoms with Crippen LogP contribution in [0.1, 0.15) is 53.9 Å². The molecule has 2 aliphatic rings. The third-order valence-electron chi connectivity index (χ3n) is 5.01. The van der Waals surface area contributed by atoms with Gasteiger partial charge in [-0.25, -0.2) is 0 Å². The van der Waals surface area contributed by atoms with Crippen LogP contribution in [0.4, 0.5) is 0 Å². The van der Waals surface area contributed by atoms with E-state index in [2.05, 4.69) is 51.5 Å². The summed E-state index contributed by atoms with van der Waals surface area (Å²) in [6, 6.07) is 1.41. The van der Waals surface area contributed by atoms with Crippen LogP contribution in [-0.4, -0.2) is 59.8 Å². The van der Waals surface area contributed by atoms with E-state index >= 15 is 0 Å². The molecule has 19 heavy (non-hydrogen) atoms. The Morgan fingerprint density at radius 2 is 1.68 bits per heavy atom. The smallest absolute Gasteiger partial charge is 0.0480 e. The first kappa shape index (κ1) is 15.3. The molecule has 0 aromatic carbocycles. The van der Waals surface area contributed by atoms with Gasteiger partial charge < -0.3 is 4.74 Å². The standard InChI is InChI=1S/C16H32N2O/c1-15(2,3)18-12-14(11-16(18,4)5)17(6)13-7-9-19-10-8-13/h13-14H,7-12H2,1-6H3. The second kappa shape index (κ2) is 5.34. The van der Waals surface area contributed by atoms with E-state index in [1.807, 2.05) is 0 Å². The second-order valence-corrected chi connectivity index (χ2v) is 7.96. The van der Waals surface area contributed by atoms with Gasteiger partial charge >= 0.3 is 0 Å². The van der Waals surface area contributed by atoms with Crippen molar-refractivity contribution in [2.24, 2.45) is 0 Å². The molecule has 0 saturated carbocycles. The summed E-state index contributed by atoms with van der Waals surface area (Å²) in [6.07, 6.45) is 3.67. The highest BCUT2D eigenvalue weighted by molar-refractivity contribution is 5.02. The molecule has 0 bridgehead atoms. The zero-order chi connectivity index (χ0) is 14.3. The molecule has 0 aliphatic carbocycles. The predicted molar refractivity (Wildman–Crippen MR) is 80.5 cm³/mol. The highest BCUT2D eigenvalue weighted by Gasteiger charge is 2.45. The van der Waals surface area contributed by atoms with Crippen molar-refractivity contribution < 1.29 is 4.74 Å². The van der Waals surface area contributed by atoms with Crippen LogP contribution in [0.3, 0.4) is 0 Å². The van der Waals surface area contributed by atoms with E-state index in [0.717, 1.165) is 19.3 Å². The van der Waals surface area contributed by atoms with Crippen molar-refractivity contribution in [1.29, 1.82) is 0 Å². The van der Waals surface area contributed by atoms with E-state index in [1.54, 1.807) is 0 Å². The minimum absolute atomic E-state index is 0.259. The number of ether oxygens (including phenoxy) is 1. The summed E-state index contributed by atoms with van der Waals surface area (Å²) in [5, 5.41) is 0. The van der Waals surface area contributed by atoms with Crippen LogP contribution in [0.2, 0.25) is 0 Å². The SMILES string of the molecule is CN(C1CCOCC1)C1CN(C(C)(C)C)C(C)(C)C1. The van der Waals surface area contributed by atoms with Gasteiger partial charge in [0.2, 0.25) is 0 Å². The summed E-state index contributed by atoms with van der Waals surface area (Å²) in [7, 11) is 2.32. The molecule has 0 spiro atoms. The maximum Gasteiger partial charge on any atom is 0.0480 e. The minimum atomic E-state index is 0.259. The molecule has 2 aliphatic heterocycles. The molecule has 0 aromatic rings. The Labute approximate surface area is 119 Å². The van der Waals surface area contributed by atoms with E-state index in [0.29, 0.717) is 11.6 Å². The molecule has 0 aromatic heterocycles. The average Bonchev–Trinajstić information content (AvgIpc) is 2.65. The zero-order valence-electron chi connectivity index (χ0n) is 13.7. The van der Waals surface area contributed by atoms with Gasteiger partial charge in [0.25, 0.3) is 0 Å². The van der Waals surface area contributed by atoms with Crippen molar-refractivity contribution in [3.05, 3.63) is 0 Å². The second-order valence-electron chi connectivity index (χ2n) is 7.96. The molecular weight excluding hydrogens is 236 g/mol. The first-order chi connectivity index (χ1) is 8.72. The Morgan fingerprint density at radius 3 is 2.16 bits per heavy atom. The van der Waals surface area contributed by atoms with Crippen molar-refractivity contribution in [3.8, 4) is 0 Å². The number of nitrogens with zero attached hydrogens (tertiary/aromatic N) is 2. The van der Waals surface area contributed by atoms with E-state index < -0.39 is 0 Å². The van der Waals surface area contributed by atoms with Crippen LogP contribution in [-0.2, 0) is 4.74 Å². The van der Waals surface area contributed by atoms with Gasteiger partial charge in [-0.2, -0.15) is 0 Å². The monoisotopic (exact) mass is 268 g/mol. The fourth-order valence-electron chi connectivity index (χ4n) is 4.05. The Balaban J connectivity index is 2.03. The Bertz CT molecular complexity index is 302. The lowest BCUT2D eigenvalue weighted by Gasteiger charge is -2.42. The summed E-state index contributed by atoms with van der Waals surface area (Å²) in [5.74, 6) is 0. The molecule has 3 nitrogen and oxygen atoms in total. The molecule has 1 unspecified atom stereocenters. The highest BCUT2D eigenvalue weighted by Crippen LogP contribution is 2.37. The lowest BCUT2D eigenvalue weighted by atomic mass is 9.94. The number of hydrogen-bond acceptors (Lipinski definition) is 3. The molecule has 2 fully saturated rings. The molecule has 2 rings (SSSR count). The molecule has 2 saturated heterocycles. The molecule has 2 heterocycles. The van der Waals surface area contributed by atoms with Gasteiger partial charge in [0, 0.05) is 42.9 Å². The van der Waals surface area contributed by atoms with Crippen LogP contribution in [0, 0.1) is 0 Å². The summed E-state index contributed by atoms with van der Waals surface area (Å²) in [6.45, 7) is 14.9. The fraction of sp³-hybridized carbons (Fsp3) is 1.00. The van der Waals surface area contributed by atoms with Crippen molar-refractivity contribution >= 4 is 0 Å². The Hall–Kier alpha value is -0.120. The fourth-order valence-corrected chi connectivity index (χ4v) is 4.05. The molecule has 0 N–H and O–H groups in total. The first-order valence-corrected chi connectivity index (χ1v) is 7.79. The van der Waals surface area contributed by atoms with Gasteiger partial charge in [-0.1, -0.05) is 0 Å². The van der Waals surface area contributed by atoms with E-state index in [1.165, 1.54) is 25.8 Å². The first-order valence-electron chi connectivity index (χ1n) is 7.79. The summed E-state index contributed by atoms with van der Waals surface area (Å²) >= 11 is 0. The summed E-state index contributed by atoms with van der Waals surface area (Å²) in [5.41, 5.74) is 0.567. The van der Waals surface area contributed by atoms with Crippen LogP contribution >= 0.6 is 0 Å². The van der Waals surface area contributed by atoms with Crippen LogP contribution < -0.4 is 0 Å². The molecule has 1 atom stereocenters. The third kappa shape index (κ3) is 3.32. The average molecular weight is 268 g/mol. The molecule has 112 valence electrons. The van der Waals surface area contributed by atoms with E-state index in [-0.39, 0.29) is 5.54 Å². The van der Waals surface area contributed by atoms with E-state index in [4.69, 9.17) is 4.74 Å². The summed E-state index contributed by atoms with van der Waals surface area (Å²) < 4.78 is 5.49.